The topological polar surface area (TPSA) is 32.3 Å². The molecular weight excluding hydrogens is 292 g/mol. The second kappa shape index (κ2) is 6.34. The highest BCUT2D eigenvalue weighted by Gasteiger charge is 2.18. The summed E-state index contributed by atoms with van der Waals surface area (Å²) in [6, 6.07) is 7.57. The molecule has 1 amide bonds. The van der Waals surface area contributed by atoms with Crippen LogP contribution >= 0.6 is 15.9 Å². The van der Waals surface area contributed by atoms with Gasteiger partial charge in [0.1, 0.15) is 0 Å². The number of benzene rings is 1. The van der Waals surface area contributed by atoms with E-state index in [2.05, 4.69) is 21.2 Å². The second-order valence-electron chi connectivity index (χ2n) is 4.91. The van der Waals surface area contributed by atoms with E-state index in [1.165, 1.54) is 12.8 Å². The Hall–Kier alpha value is -0.870. The fraction of sp³-hybridized carbons (Fsp3) is 0.500. The van der Waals surface area contributed by atoms with Gasteiger partial charge in [0.2, 0.25) is 0 Å². The molecule has 4 heteroatoms. The van der Waals surface area contributed by atoms with Crippen molar-refractivity contribution in [3.63, 3.8) is 0 Å². The number of hydrogen-bond acceptors (Lipinski definition) is 2. The zero-order valence-corrected chi connectivity index (χ0v) is 12.2. The molecule has 1 unspecified atom stereocenters. The van der Waals surface area contributed by atoms with Gasteiger partial charge < -0.3 is 10.2 Å². The molecule has 1 N–H and O–H groups in total. The quantitative estimate of drug-likeness (QED) is 0.930. The van der Waals surface area contributed by atoms with Crippen LogP contribution in [0.25, 0.3) is 0 Å². The minimum absolute atomic E-state index is 0.0990. The lowest BCUT2D eigenvalue weighted by Crippen LogP contribution is -2.39. The summed E-state index contributed by atoms with van der Waals surface area (Å²) in [4.78, 5) is 14.1. The van der Waals surface area contributed by atoms with Crippen LogP contribution in [0.4, 0.5) is 0 Å². The fourth-order valence-electron chi connectivity index (χ4n) is 2.39. The largest absolute Gasteiger partial charge is 0.341 e. The highest BCUT2D eigenvalue weighted by atomic mass is 79.9. The van der Waals surface area contributed by atoms with Crippen LogP contribution in [0.1, 0.15) is 23.2 Å². The van der Waals surface area contributed by atoms with Crippen LogP contribution in [-0.4, -0.2) is 37.5 Å². The molecule has 18 heavy (non-hydrogen) atoms. The normalized spacial score (nSPS) is 19.6. The van der Waals surface area contributed by atoms with Gasteiger partial charge in [-0.2, -0.15) is 0 Å². The summed E-state index contributed by atoms with van der Waals surface area (Å²) in [5, 5.41) is 3.38. The number of hydrogen-bond donors (Lipinski definition) is 1. The zero-order chi connectivity index (χ0) is 13.0. The summed E-state index contributed by atoms with van der Waals surface area (Å²) >= 11 is 3.40. The summed E-state index contributed by atoms with van der Waals surface area (Å²) in [7, 11) is 1.89. The molecule has 0 aromatic heterocycles. The lowest BCUT2D eigenvalue weighted by molar-refractivity contribution is 0.0764. The van der Waals surface area contributed by atoms with Crippen molar-refractivity contribution in [1.82, 2.24) is 10.2 Å². The molecule has 1 aromatic rings. The maximum atomic E-state index is 12.3. The first-order valence-electron chi connectivity index (χ1n) is 6.38. The number of nitrogens with one attached hydrogen (secondary N) is 1. The molecule has 1 aliphatic heterocycles. The minimum Gasteiger partial charge on any atom is -0.341 e. The molecule has 1 heterocycles. The third-order valence-electron chi connectivity index (χ3n) is 3.35. The van der Waals surface area contributed by atoms with Gasteiger partial charge in [-0.25, -0.2) is 0 Å². The standard InChI is InChI=1S/C14H19BrN2O/c1-17(10-11-4-3-7-16-9-11)14(18)12-5-2-6-13(15)8-12/h2,5-6,8,11,16H,3-4,7,9-10H2,1H3. The summed E-state index contributed by atoms with van der Waals surface area (Å²) in [5.74, 6) is 0.682. The summed E-state index contributed by atoms with van der Waals surface area (Å²) in [6.45, 7) is 2.97. The van der Waals surface area contributed by atoms with Gasteiger partial charge in [-0.05, 0) is 50.0 Å². The van der Waals surface area contributed by atoms with Crippen LogP contribution in [0.5, 0.6) is 0 Å². The van der Waals surface area contributed by atoms with Gasteiger partial charge in [0.25, 0.3) is 5.91 Å². The smallest absolute Gasteiger partial charge is 0.253 e. The molecular formula is C14H19BrN2O. The molecule has 1 aromatic carbocycles. The average Bonchev–Trinajstić information content (AvgIpc) is 2.39. The monoisotopic (exact) mass is 310 g/mol. The van der Waals surface area contributed by atoms with E-state index in [0.717, 1.165) is 29.7 Å². The number of nitrogens with zero attached hydrogens (tertiary/aromatic N) is 1. The van der Waals surface area contributed by atoms with E-state index in [-0.39, 0.29) is 5.91 Å². The SMILES string of the molecule is CN(CC1CCCNC1)C(=O)c1cccc(Br)c1. The maximum absolute atomic E-state index is 12.3. The highest BCUT2D eigenvalue weighted by molar-refractivity contribution is 9.10. The number of rotatable bonds is 3. The van der Waals surface area contributed by atoms with E-state index >= 15 is 0 Å². The predicted molar refractivity (Wildman–Crippen MR) is 76.7 cm³/mol. The number of halogens is 1. The van der Waals surface area contributed by atoms with Gasteiger partial charge in [0, 0.05) is 23.6 Å². The van der Waals surface area contributed by atoms with E-state index < -0.39 is 0 Å². The Morgan fingerprint density at radius 3 is 3.06 bits per heavy atom. The molecule has 0 aliphatic carbocycles. The number of carbonyl (C=O) groups excluding carboxylic acids is 1. The van der Waals surface area contributed by atoms with Gasteiger partial charge in [-0.15, -0.1) is 0 Å². The molecule has 3 nitrogen and oxygen atoms in total. The lowest BCUT2D eigenvalue weighted by atomic mass is 9.99. The van der Waals surface area contributed by atoms with Crippen LogP contribution in [0, 0.1) is 5.92 Å². The Balaban J connectivity index is 1.95. The Morgan fingerprint density at radius 2 is 2.39 bits per heavy atom. The molecule has 98 valence electrons. The Kier molecular flexibility index (Phi) is 4.78. The fourth-order valence-corrected chi connectivity index (χ4v) is 2.79. The van der Waals surface area contributed by atoms with Crippen LogP contribution in [-0.2, 0) is 0 Å². The first kappa shape index (κ1) is 13.6. The van der Waals surface area contributed by atoms with Crippen molar-refractivity contribution in [2.24, 2.45) is 5.92 Å². The molecule has 0 bridgehead atoms. The van der Waals surface area contributed by atoms with E-state index in [0.29, 0.717) is 5.92 Å². The van der Waals surface area contributed by atoms with E-state index in [4.69, 9.17) is 0 Å². The number of carbonyl (C=O) groups is 1. The molecule has 0 spiro atoms. The van der Waals surface area contributed by atoms with Crippen LogP contribution in [0.3, 0.4) is 0 Å². The molecule has 0 radical (unpaired) electrons. The van der Waals surface area contributed by atoms with E-state index in [9.17, 15) is 4.79 Å². The lowest BCUT2D eigenvalue weighted by Gasteiger charge is -2.27. The average molecular weight is 311 g/mol. The zero-order valence-electron chi connectivity index (χ0n) is 10.7. The van der Waals surface area contributed by atoms with Crippen molar-refractivity contribution >= 4 is 21.8 Å². The van der Waals surface area contributed by atoms with Gasteiger partial charge in [-0.1, -0.05) is 22.0 Å². The molecule has 1 saturated heterocycles. The third kappa shape index (κ3) is 3.56. The van der Waals surface area contributed by atoms with Crippen molar-refractivity contribution < 1.29 is 4.79 Å². The first-order chi connectivity index (χ1) is 8.66. The Morgan fingerprint density at radius 1 is 1.56 bits per heavy atom. The van der Waals surface area contributed by atoms with Crippen molar-refractivity contribution in [2.75, 3.05) is 26.7 Å². The van der Waals surface area contributed by atoms with Gasteiger partial charge in [0.15, 0.2) is 0 Å². The number of amides is 1. The van der Waals surface area contributed by atoms with E-state index in [1.54, 1.807) is 0 Å². The second-order valence-corrected chi connectivity index (χ2v) is 5.82. The third-order valence-corrected chi connectivity index (χ3v) is 3.84. The van der Waals surface area contributed by atoms with Crippen LogP contribution in [0.15, 0.2) is 28.7 Å². The maximum Gasteiger partial charge on any atom is 0.253 e. The summed E-state index contributed by atoms with van der Waals surface area (Å²) in [5.41, 5.74) is 0.746. The Bertz CT molecular complexity index is 416. The van der Waals surface area contributed by atoms with Crippen molar-refractivity contribution in [3.05, 3.63) is 34.3 Å². The molecule has 1 aliphatic rings. The number of piperidine rings is 1. The predicted octanol–water partition coefficient (Wildman–Crippen LogP) is 2.52. The van der Waals surface area contributed by atoms with Gasteiger partial charge >= 0.3 is 0 Å². The van der Waals surface area contributed by atoms with E-state index in [1.807, 2.05) is 36.2 Å². The Labute approximate surface area is 117 Å². The minimum atomic E-state index is 0.0990. The van der Waals surface area contributed by atoms with Crippen LogP contribution in [0.2, 0.25) is 0 Å². The van der Waals surface area contributed by atoms with Crippen LogP contribution < -0.4 is 5.32 Å². The van der Waals surface area contributed by atoms with Gasteiger partial charge in [-0.3, -0.25) is 4.79 Å². The summed E-state index contributed by atoms with van der Waals surface area (Å²) in [6.07, 6.45) is 2.42. The first-order valence-corrected chi connectivity index (χ1v) is 7.18. The van der Waals surface area contributed by atoms with Crippen molar-refractivity contribution in [3.8, 4) is 0 Å². The molecule has 1 fully saturated rings. The highest BCUT2D eigenvalue weighted by Crippen LogP contribution is 2.15. The van der Waals surface area contributed by atoms with Gasteiger partial charge in [0.05, 0.1) is 0 Å². The van der Waals surface area contributed by atoms with Crippen molar-refractivity contribution in [2.45, 2.75) is 12.8 Å². The molecule has 1 atom stereocenters. The molecule has 2 rings (SSSR count). The summed E-state index contributed by atoms with van der Waals surface area (Å²) < 4.78 is 0.945. The molecule has 0 saturated carbocycles. The van der Waals surface area contributed by atoms with Crippen molar-refractivity contribution in [1.29, 1.82) is 0 Å².